The highest BCUT2D eigenvalue weighted by molar-refractivity contribution is 9.10. The molecule has 0 aliphatic heterocycles. The van der Waals surface area contributed by atoms with Crippen LogP contribution >= 0.6 is 15.9 Å². The van der Waals surface area contributed by atoms with Crippen LogP contribution in [0.1, 0.15) is 82.5 Å². The van der Waals surface area contributed by atoms with Crippen LogP contribution in [0.4, 0.5) is 0 Å². The number of ether oxygens (including phenoxy) is 4. The fourth-order valence-corrected chi connectivity index (χ4v) is 7.68. The molecule has 1 unspecified atom stereocenters. The quantitative estimate of drug-likeness (QED) is 0.102. The lowest BCUT2D eigenvalue weighted by molar-refractivity contribution is -0.138. The number of aliphatic hydroxyl groups excluding tert-OH is 1. The molecule has 3 N–H and O–H groups in total. The number of allylic oxidation sites excluding steroid dienone is 2. The van der Waals surface area contributed by atoms with Crippen LogP contribution in [0.25, 0.3) is 11.1 Å². The number of halogens is 1. The zero-order valence-electron chi connectivity index (χ0n) is 32.8. The van der Waals surface area contributed by atoms with E-state index in [0.29, 0.717) is 50.9 Å². The number of carboxylic acids is 1. The normalized spacial score (nSPS) is 13.7. The van der Waals surface area contributed by atoms with E-state index in [1.165, 1.54) is 20.1 Å². The van der Waals surface area contributed by atoms with E-state index < -0.39 is 47.1 Å². The first-order chi connectivity index (χ1) is 26.9. The molecule has 0 amide bonds. The summed E-state index contributed by atoms with van der Waals surface area (Å²) in [5.74, 6) is -6.80. The molecular formula is C44H41BrO12. The van der Waals surface area contributed by atoms with Gasteiger partial charge < -0.3 is 34.3 Å². The number of aromatic carboxylic acids is 1. The average molecular weight is 842 g/mol. The number of carboxylic acid groups (broad SMARTS) is 1. The molecule has 4 aromatic carbocycles. The van der Waals surface area contributed by atoms with Crippen molar-refractivity contribution in [3.63, 3.8) is 0 Å². The Kier molecular flexibility index (Phi) is 12.1. The van der Waals surface area contributed by atoms with Crippen molar-refractivity contribution in [3.8, 4) is 34.1 Å². The molecule has 4 aromatic rings. The molecule has 1 aliphatic carbocycles. The lowest BCUT2D eigenvalue weighted by Gasteiger charge is -2.23. The summed E-state index contributed by atoms with van der Waals surface area (Å²) in [7, 11) is 1.23. The minimum atomic E-state index is -1.44. The summed E-state index contributed by atoms with van der Waals surface area (Å²) < 4.78 is 22.6. The zero-order valence-corrected chi connectivity index (χ0v) is 34.4. The molecule has 0 saturated carbocycles. The molecule has 0 radical (unpaired) electrons. The Morgan fingerprint density at radius 1 is 0.737 bits per heavy atom. The van der Waals surface area contributed by atoms with Crippen LogP contribution in [-0.2, 0) is 20.7 Å². The molecule has 0 saturated heterocycles. The largest absolute Gasteiger partial charge is 0.511 e. The van der Waals surface area contributed by atoms with Crippen LogP contribution in [0.3, 0.4) is 0 Å². The van der Waals surface area contributed by atoms with E-state index in [1.54, 1.807) is 41.5 Å². The van der Waals surface area contributed by atoms with Gasteiger partial charge in [0, 0.05) is 17.7 Å². The second-order valence-electron chi connectivity index (χ2n) is 13.6. The first kappa shape index (κ1) is 41.9. The SMILES string of the molecule is CCc1c(C)c(OC(=O)c2c(C)c(C)c(OC(=O)C3C(O)=CC(=O)C=C3OC)c(Br)c2O)cc(C)c1C(=O)Oc1c(C)c(C)c(C(=O)O)c(C)c1-c1ccccc1. The summed E-state index contributed by atoms with van der Waals surface area (Å²) in [6.45, 7) is 13.4. The molecule has 1 atom stereocenters. The van der Waals surface area contributed by atoms with Crippen LogP contribution in [0, 0.1) is 54.4 Å². The number of esters is 3. The third-order valence-electron chi connectivity index (χ3n) is 10.3. The van der Waals surface area contributed by atoms with E-state index in [9.17, 15) is 39.3 Å². The molecule has 1 aliphatic rings. The van der Waals surface area contributed by atoms with Gasteiger partial charge in [-0.25, -0.2) is 14.4 Å². The maximum Gasteiger partial charge on any atom is 0.347 e. The van der Waals surface area contributed by atoms with Gasteiger partial charge in [-0.05, 0) is 127 Å². The van der Waals surface area contributed by atoms with E-state index in [-0.39, 0.29) is 55.3 Å². The predicted octanol–water partition coefficient (Wildman–Crippen LogP) is 8.76. The lowest BCUT2D eigenvalue weighted by atomic mass is 9.88. The predicted molar refractivity (Wildman–Crippen MR) is 213 cm³/mol. The van der Waals surface area contributed by atoms with Gasteiger partial charge in [-0.2, -0.15) is 0 Å². The van der Waals surface area contributed by atoms with Gasteiger partial charge in [-0.1, -0.05) is 37.3 Å². The van der Waals surface area contributed by atoms with Gasteiger partial charge in [0.25, 0.3) is 0 Å². The lowest BCUT2D eigenvalue weighted by Crippen LogP contribution is -2.28. The number of aryl methyl sites for hydroxylation is 1. The van der Waals surface area contributed by atoms with Crippen LogP contribution in [0.2, 0.25) is 0 Å². The number of benzene rings is 4. The van der Waals surface area contributed by atoms with E-state index in [1.807, 2.05) is 37.3 Å². The number of carbonyl (C=O) groups excluding carboxylic acids is 4. The van der Waals surface area contributed by atoms with Crippen LogP contribution in [0.15, 0.2) is 64.5 Å². The number of ketones is 1. The minimum absolute atomic E-state index is 0.126. The Labute approximate surface area is 337 Å². The Hall–Kier alpha value is -6.21. The van der Waals surface area contributed by atoms with Crippen molar-refractivity contribution in [2.24, 2.45) is 5.92 Å². The Balaban J connectivity index is 1.49. The average Bonchev–Trinajstić information content (AvgIpc) is 3.15. The Morgan fingerprint density at radius 2 is 1.33 bits per heavy atom. The highest BCUT2D eigenvalue weighted by Crippen LogP contribution is 2.44. The number of rotatable bonds is 10. The fraction of sp³-hybridized carbons (Fsp3) is 0.250. The standard InChI is InChI=1S/C44H41BrO12/c1-10-28-24(7)30(16-19(2)32(28)42(51)56-39-22(5)20(3)33(41(49)50)25(8)34(39)26-14-12-11-13-15-26)55-43(52)35-21(4)23(6)40(37(45)38(35)48)57-44(53)36-29(47)17-27(46)18-31(36)54-9/h11-18,36,47-48H,10H2,1-9H3,(H,49,50). The van der Waals surface area contributed by atoms with Gasteiger partial charge in [0.15, 0.2) is 17.5 Å². The van der Waals surface area contributed by atoms with Crippen molar-refractivity contribution in [2.75, 3.05) is 7.11 Å². The number of methoxy groups -OCH3 is 1. The first-order valence-corrected chi connectivity index (χ1v) is 18.6. The summed E-state index contributed by atoms with van der Waals surface area (Å²) >= 11 is 3.23. The van der Waals surface area contributed by atoms with Crippen molar-refractivity contribution in [1.82, 2.24) is 0 Å². The number of hydrogen-bond donors (Lipinski definition) is 3. The molecule has 0 fully saturated rings. The molecule has 5 rings (SSSR count). The summed E-state index contributed by atoms with van der Waals surface area (Å²) in [4.78, 5) is 65.4. The summed E-state index contributed by atoms with van der Waals surface area (Å²) in [6, 6.07) is 10.6. The molecule has 0 bridgehead atoms. The van der Waals surface area contributed by atoms with Crippen LogP contribution < -0.4 is 14.2 Å². The molecule has 0 aromatic heterocycles. The van der Waals surface area contributed by atoms with Crippen molar-refractivity contribution < 1.29 is 58.2 Å². The van der Waals surface area contributed by atoms with Gasteiger partial charge in [0.2, 0.25) is 0 Å². The van der Waals surface area contributed by atoms with Crippen LogP contribution in [-0.4, -0.2) is 52.1 Å². The molecule has 296 valence electrons. The summed E-state index contributed by atoms with van der Waals surface area (Å²) in [5, 5.41) is 31.7. The highest BCUT2D eigenvalue weighted by Gasteiger charge is 2.36. The van der Waals surface area contributed by atoms with Gasteiger partial charge in [0.05, 0.1) is 18.2 Å². The molecule has 13 heteroatoms. The van der Waals surface area contributed by atoms with E-state index >= 15 is 0 Å². The van der Waals surface area contributed by atoms with E-state index in [4.69, 9.17) is 18.9 Å². The summed E-state index contributed by atoms with van der Waals surface area (Å²) in [5.41, 5.74) is 4.70. The van der Waals surface area contributed by atoms with Crippen LogP contribution in [0.5, 0.6) is 23.0 Å². The smallest absolute Gasteiger partial charge is 0.347 e. The van der Waals surface area contributed by atoms with Crippen molar-refractivity contribution >= 4 is 45.6 Å². The Morgan fingerprint density at radius 3 is 1.93 bits per heavy atom. The van der Waals surface area contributed by atoms with Crippen molar-refractivity contribution in [3.05, 3.63) is 126 Å². The second kappa shape index (κ2) is 16.5. The number of aliphatic hydroxyl groups is 1. The highest BCUT2D eigenvalue weighted by atomic mass is 79.9. The number of carbonyl (C=O) groups is 5. The zero-order chi connectivity index (χ0) is 42.2. The molecule has 0 heterocycles. The number of hydrogen-bond acceptors (Lipinski definition) is 11. The minimum Gasteiger partial charge on any atom is -0.511 e. The maximum atomic E-state index is 14.2. The monoisotopic (exact) mass is 840 g/mol. The third kappa shape index (κ3) is 7.67. The maximum absolute atomic E-state index is 14.2. The molecular weight excluding hydrogens is 800 g/mol. The topological polar surface area (TPSA) is 183 Å². The van der Waals surface area contributed by atoms with E-state index in [2.05, 4.69) is 15.9 Å². The molecule has 57 heavy (non-hydrogen) atoms. The molecule has 12 nitrogen and oxygen atoms in total. The van der Waals surface area contributed by atoms with Gasteiger partial charge in [0.1, 0.15) is 38.8 Å². The summed E-state index contributed by atoms with van der Waals surface area (Å²) in [6.07, 6.45) is 2.26. The van der Waals surface area contributed by atoms with Gasteiger partial charge in [-0.3, -0.25) is 9.59 Å². The van der Waals surface area contributed by atoms with Gasteiger partial charge in [-0.15, -0.1) is 0 Å². The second-order valence-corrected chi connectivity index (χ2v) is 14.4. The Bertz CT molecular complexity index is 2430. The first-order valence-electron chi connectivity index (χ1n) is 17.8. The molecule has 0 spiro atoms. The van der Waals surface area contributed by atoms with E-state index in [0.717, 1.165) is 12.2 Å². The van der Waals surface area contributed by atoms with Crippen molar-refractivity contribution in [1.29, 1.82) is 0 Å². The number of phenols is 1. The van der Waals surface area contributed by atoms with Crippen molar-refractivity contribution in [2.45, 2.75) is 61.8 Å². The third-order valence-corrected chi connectivity index (χ3v) is 11.0. The number of phenolic OH excluding ortho intramolecular Hbond substituents is 1. The van der Waals surface area contributed by atoms with Gasteiger partial charge >= 0.3 is 23.9 Å². The number of aromatic hydroxyl groups is 1. The fourth-order valence-electron chi connectivity index (χ4n) is 7.10.